The van der Waals surface area contributed by atoms with Gasteiger partial charge in [-0.05, 0) is 25.1 Å². The highest BCUT2D eigenvalue weighted by molar-refractivity contribution is 6.31. The molecule has 3 rings (SSSR count). The van der Waals surface area contributed by atoms with Crippen LogP contribution >= 0.6 is 11.6 Å². The predicted molar refractivity (Wildman–Crippen MR) is 78.6 cm³/mol. The Kier molecular flexibility index (Phi) is 3.18. The number of aryl methyl sites for hydroxylation is 1. The van der Waals surface area contributed by atoms with Crippen LogP contribution in [0.2, 0.25) is 5.02 Å². The Balaban J connectivity index is 2.02. The van der Waals surface area contributed by atoms with Crippen molar-refractivity contribution in [3.63, 3.8) is 0 Å². The average molecular weight is 291 g/mol. The number of nitrogens with zero attached hydrogens (tertiary/aromatic N) is 2. The first-order valence-electron chi connectivity index (χ1n) is 6.45. The Morgan fingerprint density at radius 3 is 2.85 bits per heavy atom. The first-order valence-corrected chi connectivity index (χ1v) is 6.83. The molecule has 1 amide bonds. The molecule has 0 saturated heterocycles. The maximum Gasteiger partial charge on any atom is 0.275 e. The van der Waals surface area contributed by atoms with E-state index in [0.717, 1.165) is 11.4 Å². The van der Waals surface area contributed by atoms with E-state index in [0.29, 0.717) is 17.3 Å². The highest BCUT2D eigenvalue weighted by Gasteiger charge is 2.29. The van der Waals surface area contributed by atoms with Crippen LogP contribution < -0.4 is 9.64 Å². The molecular weight excluding hydrogens is 276 g/mol. The van der Waals surface area contributed by atoms with Crippen LogP contribution in [0, 0.1) is 0 Å². The molecule has 0 saturated carbocycles. The van der Waals surface area contributed by atoms with Crippen LogP contribution in [-0.2, 0) is 7.05 Å². The second kappa shape index (κ2) is 4.87. The van der Waals surface area contributed by atoms with Crippen LogP contribution in [0.4, 0.5) is 5.69 Å². The molecule has 2 aromatic rings. The van der Waals surface area contributed by atoms with Gasteiger partial charge in [0.05, 0.1) is 17.3 Å². The Morgan fingerprint density at radius 1 is 1.40 bits per heavy atom. The minimum absolute atomic E-state index is 0.0374. The van der Waals surface area contributed by atoms with Crippen LogP contribution in [-0.4, -0.2) is 23.1 Å². The smallest absolute Gasteiger partial charge is 0.275 e. The van der Waals surface area contributed by atoms with Gasteiger partial charge >= 0.3 is 0 Å². The number of benzene rings is 1. The summed E-state index contributed by atoms with van der Waals surface area (Å²) in [5.74, 6) is 0.668. The number of carbonyl (C=O) groups excluding carboxylic acids is 1. The molecule has 0 spiro atoms. The lowest BCUT2D eigenvalue weighted by Crippen LogP contribution is -2.42. The van der Waals surface area contributed by atoms with E-state index in [1.165, 1.54) is 0 Å². The number of aromatic nitrogens is 1. The van der Waals surface area contributed by atoms with E-state index in [1.54, 1.807) is 21.7 Å². The van der Waals surface area contributed by atoms with Crippen molar-refractivity contribution in [2.24, 2.45) is 7.05 Å². The van der Waals surface area contributed by atoms with Gasteiger partial charge in [0.15, 0.2) is 0 Å². The molecule has 1 aromatic heterocycles. The van der Waals surface area contributed by atoms with Crippen molar-refractivity contribution in [2.75, 3.05) is 11.4 Å². The third-order valence-corrected chi connectivity index (χ3v) is 3.57. The summed E-state index contributed by atoms with van der Waals surface area (Å²) in [6.07, 6.45) is 1.69. The topological polar surface area (TPSA) is 34.5 Å². The van der Waals surface area contributed by atoms with Gasteiger partial charge in [-0.25, -0.2) is 0 Å². The van der Waals surface area contributed by atoms with Crippen molar-refractivity contribution < 1.29 is 9.53 Å². The summed E-state index contributed by atoms with van der Waals surface area (Å²) in [7, 11) is 1.81. The highest BCUT2D eigenvalue weighted by atomic mass is 35.5. The second-order valence-corrected chi connectivity index (χ2v) is 5.40. The number of anilines is 1. The molecule has 20 heavy (non-hydrogen) atoms. The standard InChI is InChI=1S/C15H15ClN2O2/c1-10-8-18(12-5-3-4-6-14(12)20-10)15(19)13-7-11(16)9-17(13)2/h3-7,9-10H,8H2,1-2H3. The van der Waals surface area contributed by atoms with Gasteiger partial charge in [0.1, 0.15) is 17.5 Å². The fraction of sp³-hybridized carbons (Fsp3) is 0.267. The number of carbonyl (C=O) groups is 1. The van der Waals surface area contributed by atoms with Crippen molar-refractivity contribution in [2.45, 2.75) is 13.0 Å². The second-order valence-electron chi connectivity index (χ2n) is 4.97. The summed E-state index contributed by atoms with van der Waals surface area (Å²) in [5.41, 5.74) is 1.37. The number of amides is 1. The van der Waals surface area contributed by atoms with Gasteiger partial charge < -0.3 is 9.30 Å². The average Bonchev–Trinajstić information content (AvgIpc) is 2.76. The minimum atomic E-state index is -0.0676. The molecule has 1 atom stereocenters. The summed E-state index contributed by atoms with van der Waals surface area (Å²) in [6.45, 7) is 2.48. The van der Waals surface area contributed by atoms with Gasteiger partial charge in [0.2, 0.25) is 0 Å². The summed E-state index contributed by atoms with van der Waals surface area (Å²) >= 11 is 5.96. The van der Waals surface area contributed by atoms with Crippen molar-refractivity contribution in [1.82, 2.24) is 4.57 Å². The number of fused-ring (bicyclic) bond motifs is 1. The normalized spacial score (nSPS) is 17.6. The van der Waals surface area contributed by atoms with Gasteiger partial charge in [-0.2, -0.15) is 0 Å². The maximum atomic E-state index is 12.7. The molecule has 1 aliphatic heterocycles. The van der Waals surface area contributed by atoms with Crippen molar-refractivity contribution in [1.29, 1.82) is 0 Å². The number of hydrogen-bond acceptors (Lipinski definition) is 2. The van der Waals surface area contributed by atoms with E-state index in [2.05, 4.69) is 0 Å². The zero-order valence-electron chi connectivity index (χ0n) is 11.3. The van der Waals surface area contributed by atoms with Gasteiger partial charge in [-0.15, -0.1) is 0 Å². The molecule has 0 fully saturated rings. The zero-order valence-corrected chi connectivity index (χ0v) is 12.1. The summed E-state index contributed by atoms with van der Waals surface area (Å²) in [5, 5.41) is 0.561. The molecule has 0 N–H and O–H groups in total. The summed E-state index contributed by atoms with van der Waals surface area (Å²) in [4.78, 5) is 14.5. The lowest BCUT2D eigenvalue weighted by molar-refractivity contribution is 0.0953. The first kappa shape index (κ1) is 13.1. The predicted octanol–water partition coefficient (Wildman–Crippen LogP) is 3.11. The molecule has 104 valence electrons. The summed E-state index contributed by atoms with van der Waals surface area (Å²) in [6, 6.07) is 9.26. The largest absolute Gasteiger partial charge is 0.487 e. The van der Waals surface area contributed by atoms with Gasteiger partial charge in [0, 0.05) is 13.2 Å². The lowest BCUT2D eigenvalue weighted by Gasteiger charge is -2.33. The molecule has 4 nitrogen and oxygen atoms in total. The first-order chi connectivity index (χ1) is 9.56. The number of rotatable bonds is 1. The Labute approximate surface area is 122 Å². The number of halogens is 1. The van der Waals surface area contributed by atoms with Gasteiger partial charge in [0.25, 0.3) is 5.91 Å². The molecular formula is C15H15ClN2O2. The lowest BCUT2D eigenvalue weighted by atomic mass is 10.2. The van der Waals surface area contributed by atoms with Crippen LogP contribution in [0.15, 0.2) is 36.5 Å². The number of para-hydroxylation sites is 2. The van der Waals surface area contributed by atoms with E-state index in [1.807, 2.05) is 38.2 Å². The van der Waals surface area contributed by atoms with Crippen LogP contribution in [0.25, 0.3) is 0 Å². The third kappa shape index (κ3) is 2.16. The number of hydrogen-bond donors (Lipinski definition) is 0. The molecule has 5 heteroatoms. The quantitative estimate of drug-likeness (QED) is 0.809. The zero-order chi connectivity index (χ0) is 14.3. The van der Waals surface area contributed by atoms with E-state index in [9.17, 15) is 4.79 Å². The third-order valence-electron chi connectivity index (χ3n) is 3.36. The minimum Gasteiger partial charge on any atom is -0.487 e. The molecule has 1 aliphatic rings. The van der Waals surface area contributed by atoms with Crippen molar-refractivity contribution in [3.05, 3.63) is 47.2 Å². The molecule has 1 unspecified atom stereocenters. The molecule has 0 radical (unpaired) electrons. The maximum absolute atomic E-state index is 12.7. The molecule has 2 heterocycles. The van der Waals surface area contributed by atoms with Gasteiger partial charge in [-0.3, -0.25) is 9.69 Å². The molecule has 0 aliphatic carbocycles. The van der Waals surface area contributed by atoms with Crippen LogP contribution in [0.1, 0.15) is 17.4 Å². The molecule has 1 aromatic carbocycles. The fourth-order valence-corrected chi connectivity index (χ4v) is 2.71. The van der Waals surface area contributed by atoms with E-state index >= 15 is 0 Å². The highest BCUT2D eigenvalue weighted by Crippen LogP contribution is 2.34. The Bertz CT molecular complexity index is 666. The SMILES string of the molecule is CC1CN(C(=O)c2cc(Cl)cn2C)c2ccccc2O1. The summed E-state index contributed by atoms with van der Waals surface area (Å²) < 4.78 is 7.50. The van der Waals surface area contributed by atoms with E-state index < -0.39 is 0 Å². The van der Waals surface area contributed by atoms with Crippen molar-refractivity contribution >= 4 is 23.2 Å². The fourth-order valence-electron chi connectivity index (χ4n) is 2.46. The van der Waals surface area contributed by atoms with Crippen LogP contribution in [0.3, 0.4) is 0 Å². The van der Waals surface area contributed by atoms with Crippen LogP contribution in [0.5, 0.6) is 5.75 Å². The van der Waals surface area contributed by atoms with Crippen molar-refractivity contribution in [3.8, 4) is 5.75 Å². The van der Waals surface area contributed by atoms with Gasteiger partial charge in [-0.1, -0.05) is 23.7 Å². The number of ether oxygens (including phenoxy) is 1. The Hall–Kier alpha value is -1.94. The monoisotopic (exact) mass is 290 g/mol. The molecule has 0 bridgehead atoms. The van der Waals surface area contributed by atoms with E-state index in [4.69, 9.17) is 16.3 Å². The van der Waals surface area contributed by atoms with E-state index in [-0.39, 0.29) is 12.0 Å². The Morgan fingerprint density at radius 2 is 2.15 bits per heavy atom.